The molecular formula is C16H20ClFN2. The van der Waals surface area contributed by atoms with Gasteiger partial charge < -0.3 is 9.88 Å². The van der Waals surface area contributed by atoms with Gasteiger partial charge in [-0.1, -0.05) is 31.5 Å². The summed E-state index contributed by atoms with van der Waals surface area (Å²) < 4.78 is 15.2. The van der Waals surface area contributed by atoms with Gasteiger partial charge in [-0.3, -0.25) is 0 Å². The van der Waals surface area contributed by atoms with Crippen LogP contribution in [0.15, 0.2) is 36.5 Å². The first-order valence-corrected chi connectivity index (χ1v) is 7.22. The highest BCUT2D eigenvalue weighted by Gasteiger charge is 2.06. The Morgan fingerprint density at radius 1 is 1.30 bits per heavy atom. The third-order valence-corrected chi connectivity index (χ3v) is 3.49. The molecule has 0 bridgehead atoms. The third kappa shape index (κ3) is 4.09. The molecule has 0 aliphatic rings. The molecule has 0 saturated carbocycles. The predicted molar refractivity (Wildman–Crippen MR) is 81.5 cm³/mol. The maximum Gasteiger partial charge on any atom is 0.124 e. The largest absolute Gasteiger partial charge is 0.346 e. The second kappa shape index (κ2) is 6.91. The lowest BCUT2D eigenvalue weighted by Crippen LogP contribution is -2.21. The Labute approximate surface area is 124 Å². The average Bonchev–Trinajstić information content (AvgIpc) is 2.80. The summed E-state index contributed by atoms with van der Waals surface area (Å²) in [7, 11) is 0. The molecule has 2 rings (SSSR count). The molecule has 0 fully saturated rings. The van der Waals surface area contributed by atoms with E-state index in [-0.39, 0.29) is 5.82 Å². The summed E-state index contributed by atoms with van der Waals surface area (Å²) in [5, 5.41) is 3.90. The van der Waals surface area contributed by atoms with Crippen LogP contribution in [-0.4, -0.2) is 11.1 Å². The first-order valence-electron chi connectivity index (χ1n) is 6.85. The SMILES string of the molecule is CC(C)CNCc1cccn1Cc1ccc(F)cc1Cl. The molecule has 0 aliphatic heterocycles. The van der Waals surface area contributed by atoms with Crippen LogP contribution in [0.3, 0.4) is 0 Å². The Bertz CT molecular complexity index is 563. The molecule has 4 heteroatoms. The van der Waals surface area contributed by atoms with Gasteiger partial charge in [-0.25, -0.2) is 4.39 Å². The van der Waals surface area contributed by atoms with Crippen molar-refractivity contribution in [3.05, 3.63) is 58.6 Å². The molecule has 2 aromatic rings. The van der Waals surface area contributed by atoms with Gasteiger partial charge in [0.15, 0.2) is 0 Å². The molecule has 2 nitrogen and oxygen atoms in total. The molecule has 1 aromatic carbocycles. The van der Waals surface area contributed by atoms with Crippen molar-refractivity contribution in [1.82, 2.24) is 9.88 Å². The number of nitrogens with one attached hydrogen (secondary N) is 1. The number of hydrogen-bond acceptors (Lipinski definition) is 1. The van der Waals surface area contributed by atoms with E-state index in [0.717, 1.165) is 18.7 Å². The maximum atomic E-state index is 13.0. The number of halogens is 2. The Hall–Kier alpha value is -1.32. The summed E-state index contributed by atoms with van der Waals surface area (Å²) >= 11 is 6.08. The molecule has 0 atom stereocenters. The summed E-state index contributed by atoms with van der Waals surface area (Å²) in [6, 6.07) is 8.65. The predicted octanol–water partition coefficient (Wildman–Crippen LogP) is 4.07. The van der Waals surface area contributed by atoms with Crippen molar-refractivity contribution in [2.75, 3.05) is 6.54 Å². The summed E-state index contributed by atoms with van der Waals surface area (Å²) in [6.45, 7) is 6.84. The molecule has 20 heavy (non-hydrogen) atoms. The smallest absolute Gasteiger partial charge is 0.124 e. The number of nitrogens with zero attached hydrogens (tertiary/aromatic N) is 1. The number of benzene rings is 1. The van der Waals surface area contributed by atoms with Crippen molar-refractivity contribution >= 4 is 11.6 Å². The zero-order chi connectivity index (χ0) is 14.5. The van der Waals surface area contributed by atoms with Crippen LogP contribution in [0, 0.1) is 11.7 Å². The highest BCUT2D eigenvalue weighted by molar-refractivity contribution is 6.31. The zero-order valence-corrected chi connectivity index (χ0v) is 12.6. The standard InChI is InChI=1S/C16H20ClFN2/c1-12(2)9-19-10-15-4-3-7-20(15)11-13-5-6-14(18)8-16(13)17/h3-8,12,19H,9-11H2,1-2H3. The Balaban J connectivity index is 2.04. The van der Waals surface area contributed by atoms with Gasteiger partial charge in [0.05, 0.1) is 0 Å². The van der Waals surface area contributed by atoms with Crippen LogP contribution in [0.5, 0.6) is 0 Å². The quantitative estimate of drug-likeness (QED) is 0.849. The van der Waals surface area contributed by atoms with Crippen molar-refractivity contribution in [3.8, 4) is 0 Å². The van der Waals surface area contributed by atoms with Crippen molar-refractivity contribution in [2.45, 2.75) is 26.9 Å². The second-order valence-electron chi connectivity index (χ2n) is 5.39. The minimum absolute atomic E-state index is 0.301. The van der Waals surface area contributed by atoms with E-state index in [1.807, 2.05) is 12.3 Å². The fourth-order valence-electron chi connectivity index (χ4n) is 2.09. The van der Waals surface area contributed by atoms with E-state index >= 15 is 0 Å². The van der Waals surface area contributed by atoms with E-state index in [1.54, 1.807) is 6.07 Å². The van der Waals surface area contributed by atoms with E-state index in [1.165, 1.54) is 17.8 Å². The Morgan fingerprint density at radius 2 is 2.10 bits per heavy atom. The topological polar surface area (TPSA) is 17.0 Å². The minimum Gasteiger partial charge on any atom is -0.346 e. The first-order chi connectivity index (χ1) is 9.56. The average molecular weight is 295 g/mol. The molecular weight excluding hydrogens is 275 g/mol. The van der Waals surface area contributed by atoms with Gasteiger partial charge in [-0.05, 0) is 42.3 Å². The highest BCUT2D eigenvalue weighted by Crippen LogP contribution is 2.19. The molecule has 0 aliphatic carbocycles. The molecule has 0 amide bonds. The highest BCUT2D eigenvalue weighted by atomic mass is 35.5. The summed E-state index contributed by atoms with van der Waals surface area (Å²) in [6.07, 6.45) is 2.02. The normalized spacial score (nSPS) is 11.2. The van der Waals surface area contributed by atoms with Crippen molar-refractivity contribution in [3.63, 3.8) is 0 Å². The monoisotopic (exact) mass is 294 g/mol. The number of aromatic nitrogens is 1. The molecule has 1 heterocycles. The van der Waals surface area contributed by atoms with Crippen LogP contribution in [0.1, 0.15) is 25.1 Å². The lowest BCUT2D eigenvalue weighted by atomic mass is 10.2. The van der Waals surface area contributed by atoms with Gasteiger partial charge in [0.25, 0.3) is 0 Å². The van der Waals surface area contributed by atoms with Crippen LogP contribution in [0.25, 0.3) is 0 Å². The van der Waals surface area contributed by atoms with Gasteiger partial charge in [0, 0.05) is 30.0 Å². The molecule has 0 unspecified atom stereocenters. The van der Waals surface area contributed by atoms with Crippen LogP contribution >= 0.6 is 11.6 Å². The Morgan fingerprint density at radius 3 is 2.80 bits per heavy atom. The van der Waals surface area contributed by atoms with Gasteiger partial charge >= 0.3 is 0 Å². The maximum absolute atomic E-state index is 13.0. The van der Waals surface area contributed by atoms with Crippen LogP contribution in [-0.2, 0) is 13.1 Å². The van der Waals surface area contributed by atoms with Crippen molar-refractivity contribution < 1.29 is 4.39 Å². The van der Waals surface area contributed by atoms with Crippen LogP contribution in [0.2, 0.25) is 5.02 Å². The molecule has 0 spiro atoms. The van der Waals surface area contributed by atoms with Gasteiger partial charge in [0.2, 0.25) is 0 Å². The van der Waals surface area contributed by atoms with Gasteiger partial charge in [0.1, 0.15) is 5.82 Å². The van der Waals surface area contributed by atoms with Crippen LogP contribution < -0.4 is 5.32 Å². The van der Waals surface area contributed by atoms with Crippen molar-refractivity contribution in [1.29, 1.82) is 0 Å². The van der Waals surface area contributed by atoms with E-state index in [4.69, 9.17) is 11.6 Å². The third-order valence-electron chi connectivity index (χ3n) is 3.14. The van der Waals surface area contributed by atoms with Crippen LogP contribution in [0.4, 0.5) is 4.39 Å². The van der Waals surface area contributed by atoms with E-state index < -0.39 is 0 Å². The second-order valence-corrected chi connectivity index (χ2v) is 5.80. The molecule has 108 valence electrons. The van der Waals surface area contributed by atoms with Crippen molar-refractivity contribution in [2.24, 2.45) is 5.92 Å². The lowest BCUT2D eigenvalue weighted by molar-refractivity contribution is 0.539. The molecule has 1 N–H and O–H groups in total. The first kappa shape index (κ1) is 15.1. The molecule has 0 saturated heterocycles. The van der Waals surface area contributed by atoms with E-state index in [0.29, 0.717) is 17.5 Å². The summed E-state index contributed by atoms with van der Waals surface area (Å²) in [5.41, 5.74) is 2.13. The Kier molecular flexibility index (Phi) is 5.21. The van der Waals surface area contributed by atoms with Gasteiger partial charge in [-0.2, -0.15) is 0 Å². The molecule has 0 radical (unpaired) electrons. The summed E-state index contributed by atoms with van der Waals surface area (Å²) in [5.74, 6) is 0.329. The fraction of sp³-hybridized carbons (Fsp3) is 0.375. The zero-order valence-electron chi connectivity index (χ0n) is 11.9. The van der Waals surface area contributed by atoms with E-state index in [9.17, 15) is 4.39 Å². The molecule has 1 aromatic heterocycles. The summed E-state index contributed by atoms with van der Waals surface area (Å²) in [4.78, 5) is 0. The fourth-order valence-corrected chi connectivity index (χ4v) is 2.31. The minimum atomic E-state index is -0.301. The lowest BCUT2D eigenvalue weighted by Gasteiger charge is -2.12. The number of hydrogen-bond donors (Lipinski definition) is 1. The van der Waals surface area contributed by atoms with E-state index in [2.05, 4.69) is 29.8 Å². The number of rotatable bonds is 6. The van der Waals surface area contributed by atoms with Gasteiger partial charge in [-0.15, -0.1) is 0 Å².